The van der Waals surface area contributed by atoms with Crippen LogP contribution in [0.25, 0.3) is 0 Å². The number of aliphatic hydroxyl groups excluding tert-OH is 1. The standard InChI is InChI=1S/C11H14ClN3O.CH4O/c12-9-6-7-13-10(15-9)11(16)14-8-4-2-1-3-5-8;1-2/h6-8H,1-5H2,(H,14,16);2H,1H3. The molecule has 18 heavy (non-hydrogen) atoms. The molecule has 0 spiro atoms. The van der Waals surface area contributed by atoms with Gasteiger partial charge in [-0.2, -0.15) is 0 Å². The van der Waals surface area contributed by atoms with Crippen LogP contribution in [0.2, 0.25) is 5.15 Å². The summed E-state index contributed by atoms with van der Waals surface area (Å²) in [6, 6.07) is 1.82. The van der Waals surface area contributed by atoms with E-state index in [1.54, 1.807) is 6.07 Å². The van der Waals surface area contributed by atoms with E-state index in [1.807, 2.05) is 0 Å². The topological polar surface area (TPSA) is 75.1 Å². The fourth-order valence-electron chi connectivity index (χ4n) is 1.94. The summed E-state index contributed by atoms with van der Waals surface area (Å²) in [5, 5.41) is 10.2. The van der Waals surface area contributed by atoms with Crippen molar-refractivity contribution in [2.45, 2.75) is 38.1 Å². The fraction of sp³-hybridized carbons (Fsp3) is 0.583. The molecular weight excluding hydrogens is 254 g/mol. The Bertz CT molecular complexity index is 381. The number of rotatable bonds is 2. The molecular formula is C12H18ClN3O2. The number of hydrogen-bond donors (Lipinski definition) is 2. The van der Waals surface area contributed by atoms with Gasteiger partial charge < -0.3 is 10.4 Å². The summed E-state index contributed by atoms with van der Waals surface area (Å²) in [7, 11) is 1.00. The van der Waals surface area contributed by atoms with E-state index >= 15 is 0 Å². The first-order valence-electron chi connectivity index (χ1n) is 6.00. The van der Waals surface area contributed by atoms with Gasteiger partial charge in [0.1, 0.15) is 5.15 Å². The smallest absolute Gasteiger partial charge is 0.289 e. The normalized spacial score (nSPS) is 15.5. The quantitative estimate of drug-likeness (QED) is 0.805. The number of nitrogens with zero attached hydrogens (tertiary/aromatic N) is 2. The van der Waals surface area contributed by atoms with E-state index in [-0.39, 0.29) is 17.8 Å². The average Bonchev–Trinajstić information content (AvgIpc) is 2.42. The Morgan fingerprint density at radius 1 is 1.39 bits per heavy atom. The highest BCUT2D eigenvalue weighted by Crippen LogP contribution is 2.17. The number of halogens is 1. The molecule has 1 aromatic heterocycles. The Balaban J connectivity index is 0.000000771. The van der Waals surface area contributed by atoms with Crippen molar-refractivity contribution in [3.8, 4) is 0 Å². The molecule has 0 radical (unpaired) electrons. The van der Waals surface area contributed by atoms with Crippen LogP contribution in [-0.4, -0.2) is 34.1 Å². The maximum atomic E-state index is 11.8. The summed E-state index contributed by atoms with van der Waals surface area (Å²) in [4.78, 5) is 19.5. The monoisotopic (exact) mass is 271 g/mol. The van der Waals surface area contributed by atoms with Crippen LogP contribution in [0.3, 0.4) is 0 Å². The van der Waals surface area contributed by atoms with Crippen molar-refractivity contribution in [3.05, 3.63) is 23.2 Å². The zero-order chi connectivity index (χ0) is 13.4. The minimum absolute atomic E-state index is 0.151. The van der Waals surface area contributed by atoms with E-state index in [4.69, 9.17) is 16.7 Å². The van der Waals surface area contributed by atoms with Crippen molar-refractivity contribution in [2.75, 3.05) is 7.11 Å². The average molecular weight is 272 g/mol. The van der Waals surface area contributed by atoms with E-state index in [9.17, 15) is 4.79 Å². The molecule has 1 amide bonds. The Morgan fingerprint density at radius 2 is 2.06 bits per heavy atom. The molecule has 5 nitrogen and oxygen atoms in total. The van der Waals surface area contributed by atoms with Gasteiger partial charge in [0, 0.05) is 19.3 Å². The van der Waals surface area contributed by atoms with Crippen molar-refractivity contribution in [1.82, 2.24) is 15.3 Å². The predicted octanol–water partition coefficient (Wildman–Crippen LogP) is 1.80. The number of amides is 1. The summed E-state index contributed by atoms with van der Waals surface area (Å²) in [6.07, 6.45) is 7.21. The van der Waals surface area contributed by atoms with Crippen molar-refractivity contribution in [2.24, 2.45) is 0 Å². The van der Waals surface area contributed by atoms with Gasteiger partial charge in [0.2, 0.25) is 5.82 Å². The molecule has 1 aliphatic carbocycles. The minimum Gasteiger partial charge on any atom is -0.400 e. The highest BCUT2D eigenvalue weighted by molar-refractivity contribution is 6.29. The van der Waals surface area contributed by atoms with Crippen LogP contribution in [-0.2, 0) is 0 Å². The Morgan fingerprint density at radius 3 is 2.67 bits per heavy atom. The van der Waals surface area contributed by atoms with Crippen molar-refractivity contribution in [1.29, 1.82) is 0 Å². The van der Waals surface area contributed by atoms with Crippen LogP contribution in [0.5, 0.6) is 0 Å². The van der Waals surface area contributed by atoms with Crippen molar-refractivity contribution < 1.29 is 9.90 Å². The molecule has 6 heteroatoms. The van der Waals surface area contributed by atoms with Crippen molar-refractivity contribution >= 4 is 17.5 Å². The number of aliphatic hydroxyl groups is 1. The summed E-state index contributed by atoms with van der Waals surface area (Å²) in [5.74, 6) is -0.0764. The van der Waals surface area contributed by atoms with E-state index in [1.165, 1.54) is 25.5 Å². The van der Waals surface area contributed by atoms with Gasteiger partial charge in [0.15, 0.2) is 0 Å². The maximum absolute atomic E-state index is 11.8. The SMILES string of the molecule is CO.O=C(NC1CCCCC1)c1nccc(Cl)n1. The molecule has 0 saturated heterocycles. The summed E-state index contributed by atoms with van der Waals surface area (Å²) in [6.45, 7) is 0. The van der Waals surface area contributed by atoms with Crippen LogP contribution in [0.1, 0.15) is 42.7 Å². The molecule has 0 atom stereocenters. The van der Waals surface area contributed by atoms with Gasteiger partial charge in [-0.25, -0.2) is 9.97 Å². The first kappa shape index (κ1) is 14.9. The second kappa shape index (κ2) is 8.00. The molecule has 0 aromatic carbocycles. The summed E-state index contributed by atoms with van der Waals surface area (Å²) < 4.78 is 0. The lowest BCUT2D eigenvalue weighted by Crippen LogP contribution is -2.37. The Labute approximate surface area is 112 Å². The molecule has 0 bridgehead atoms. The van der Waals surface area contributed by atoms with E-state index in [0.717, 1.165) is 20.0 Å². The predicted molar refractivity (Wildman–Crippen MR) is 69.5 cm³/mol. The lowest BCUT2D eigenvalue weighted by atomic mass is 9.95. The van der Waals surface area contributed by atoms with E-state index in [2.05, 4.69) is 15.3 Å². The van der Waals surface area contributed by atoms with E-state index < -0.39 is 0 Å². The number of carbonyl (C=O) groups is 1. The molecule has 0 unspecified atom stereocenters. The van der Waals surface area contributed by atoms with Crippen LogP contribution in [0.4, 0.5) is 0 Å². The highest BCUT2D eigenvalue weighted by atomic mass is 35.5. The highest BCUT2D eigenvalue weighted by Gasteiger charge is 2.18. The molecule has 2 rings (SSSR count). The fourth-order valence-corrected chi connectivity index (χ4v) is 2.08. The van der Waals surface area contributed by atoms with Crippen LogP contribution >= 0.6 is 11.6 Å². The second-order valence-corrected chi connectivity index (χ2v) is 4.40. The first-order valence-corrected chi connectivity index (χ1v) is 6.37. The van der Waals surface area contributed by atoms with Crippen LogP contribution in [0.15, 0.2) is 12.3 Å². The molecule has 1 aliphatic rings. The largest absolute Gasteiger partial charge is 0.400 e. The van der Waals surface area contributed by atoms with E-state index in [0.29, 0.717) is 5.15 Å². The number of nitrogens with one attached hydrogen (secondary N) is 1. The summed E-state index contributed by atoms with van der Waals surface area (Å²) >= 11 is 5.70. The molecule has 0 aliphatic heterocycles. The lowest BCUT2D eigenvalue weighted by Gasteiger charge is -2.22. The zero-order valence-corrected chi connectivity index (χ0v) is 11.2. The molecule has 1 aromatic rings. The van der Waals surface area contributed by atoms with Crippen molar-refractivity contribution in [3.63, 3.8) is 0 Å². The third kappa shape index (κ3) is 4.58. The molecule has 2 N–H and O–H groups in total. The number of hydrogen-bond acceptors (Lipinski definition) is 4. The number of carbonyl (C=O) groups excluding carboxylic acids is 1. The first-order chi connectivity index (χ1) is 8.75. The molecule has 1 saturated carbocycles. The third-order valence-electron chi connectivity index (χ3n) is 2.77. The van der Waals surface area contributed by atoms with Gasteiger partial charge in [0.05, 0.1) is 0 Å². The molecule has 100 valence electrons. The Hall–Kier alpha value is -1.20. The second-order valence-electron chi connectivity index (χ2n) is 4.01. The zero-order valence-electron chi connectivity index (χ0n) is 10.4. The molecule has 1 fully saturated rings. The van der Waals surface area contributed by atoms with Crippen LogP contribution < -0.4 is 5.32 Å². The minimum atomic E-state index is -0.227. The van der Waals surface area contributed by atoms with Gasteiger partial charge in [-0.1, -0.05) is 30.9 Å². The van der Waals surface area contributed by atoms with Gasteiger partial charge >= 0.3 is 0 Å². The summed E-state index contributed by atoms with van der Waals surface area (Å²) in [5.41, 5.74) is 0. The maximum Gasteiger partial charge on any atom is 0.289 e. The van der Waals surface area contributed by atoms with Gasteiger partial charge in [-0.15, -0.1) is 0 Å². The van der Waals surface area contributed by atoms with Crippen LogP contribution in [0, 0.1) is 0 Å². The number of aromatic nitrogens is 2. The molecule has 1 heterocycles. The van der Waals surface area contributed by atoms with Gasteiger partial charge in [-0.05, 0) is 18.9 Å². The Kier molecular flexibility index (Phi) is 6.60. The van der Waals surface area contributed by atoms with Gasteiger partial charge in [-0.3, -0.25) is 4.79 Å². The van der Waals surface area contributed by atoms with Gasteiger partial charge in [0.25, 0.3) is 5.91 Å². The third-order valence-corrected chi connectivity index (χ3v) is 2.98. The lowest BCUT2D eigenvalue weighted by molar-refractivity contribution is 0.0917.